The van der Waals surface area contributed by atoms with E-state index in [4.69, 9.17) is 4.52 Å². The summed E-state index contributed by atoms with van der Waals surface area (Å²) in [6.07, 6.45) is 2.16. The van der Waals surface area contributed by atoms with Crippen LogP contribution in [0.1, 0.15) is 61.6 Å². The number of fused-ring (bicyclic) bond motifs is 1. The number of benzene rings is 1. The molecule has 0 unspecified atom stereocenters. The molecule has 1 aromatic carbocycles. The molecule has 2 rings (SSSR count). The van der Waals surface area contributed by atoms with E-state index in [1.54, 1.807) is 0 Å². The van der Waals surface area contributed by atoms with E-state index in [-0.39, 0.29) is 5.41 Å². The van der Waals surface area contributed by atoms with Gasteiger partial charge in [-0.05, 0) is 62.8 Å². The molecule has 0 aliphatic heterocycles. The predicted octanol–water partition coefficient (Wildman–Crippen LogP) is 5.14. The molecule has 1 aromatic heterocycles. The fourth-order valence-corrected chi connectivity index (χ4v) is 2.81. The predicted molar refractivity (Wildman–Crippen MR) is 80.9 cm³/mol. The van der Waals surface area contributed by atoms with Gasteiger partial charge in [-0.15, -0.1) is 0 Å². The minimum atomic E-state index is 0.101. The van der Waals surface area contributed by atoms with E-state index in [1.807, 2.05) is 0 Å². The standard InChI is InChI=1S/C17H25NO/c1-8-17(7,9-2)16-14-12(5)10(3)11(4)13(6)15(14)19-18-16/h8-9H2,1-7H3. The maximum absolute atomic E-state index is 5.70. The Balaban J connectivity index is 2.88. The van der Waals surface area contributed by atoms with Crippen molar-refractivity contribution in [1.82, 2.24) is 5.16 Å². The van der Waals surface area contributed by atoms with Gasteiger partial charge in [0.15, 0.2) is 5.58 Å². The minimum Gasteiger partial charge on any atom is -0.356 e. The summed E-state index contributed by atoms with van der Waals surface area (Å²) >= 11 is 0. The molecule has 0 N–H and O–H groups in total. The monoisotopic (exact) mass is 259 g/mol. The van der Waals surface area contributed by atoms with Crippen LogP contribution in [-0.2, 0) is 5.41 Å². The lowest BCUT2D eigenvalue weighted by molar-refractivity contribution is 0.375. The molecule has 2 heteroatoms. The third-order valence-electron chi connectivity index (χ3n) is 5.23. The first-order valence-corrected chi connectivity index (χ1v) is 7.23. The Labute approximate surface area is 116 Å². The molecule has 0 saturated carbocycles. The molecule has 0 aliphatic rings. The van der Waals surface area contributed by atoms with Crippen LogP contribution in [-0.4, -0.2) is 5.16 Å². The van der Waals surface area contributed by atoms with Gasteiger partial charge >= 0.3 is 0 Å². The van der Waals surface area contributed by atoms with Crippen LogP contribution < -0.4 is 0 Å². The number of hydrogen-bond donors (Lipinski definition) is 0. The Hall–Kier alpha value is -1.31. The summed E-state index contributed by atoms with van der Waals surface area (Å²) in [7, 11) is 0. The first kappa shape index (κ1) is 14.1. The minimum absolute atomic E-state index is 0.101. The topological polar surface area (TPSA) is 26.0 Å². The van der Waals surface area contributed by atoms with Gasteiger partial charge in [0, 0.05) is 10.8 Å². The van der Waals surface area contributed by atoms with Crippen molar-refractivity contribution in [2.45, 2.75) is 66.7 Å². The van der Waals surface area contributed by atoms with Crippen molar-refractivity contribution in [3.8, 4) is 0 Å². The second-order valence-electron chi connectivity index (χ2n) is 6.00. The van der Waals surface area contributed by atoms with E-state index in [1.165, 1.54) is 27.6 Å². The van der Waals surface area contributed by atoms with E-state index >= 15 is 0 Å². The first-order chi connectivity index (χ1) is 8.87. The Morgan fingerprint density at radius 3 is 1.95 bits per heavy atom. The molecule has 2 nitrogen and oxygen atoms in total. The molecule has 0 radical (unpaired) electrons. The molecule has 19 heavy (non-hydrogen) atoms. The second-order valence-corrected chi connectivity index (χ2v) is 6.00. The molecule has 0 aliphatic carbocycles. The number of aromatic nitrogens is 1. The summed E-state index contributed by atoms with van der Waals surface area (Å²) in [6, 6.07) is 0. The summed E-state index contributed by atoms with van der Waals surface area (Å²) in [6.45, 7) is 15.4. The molecule has 0 spiro atoms. The van der Waals surface area contributed by atoms with Gasteiger partial charge in [-0.25, -0.2) is 0 Å². The van der Waals surface area contributed by atoms with Gasteiger partial charge in [0.1, 0.15) is 0 Å². The van der Waals surface area contributed by atoms with Crippen LogP contribution in [0.5, 0.6) is 0 Å². The normalized spacial score (nSPS) is 12.4. The van der Waals surface area contributed by atoms with Crippen molar-refractivity contribution in [3.05, 3.63) is 27.9 Å². The smallest absolute Gasteiger partial charge is 0.170 e. The summed E-state index contributed by atoms with van der Waals surface area (Å²) < 4.78 is 5.70. The molecule has 0 fully saturated rings. The molecular weight excluding hydrogens is 234 g/mol. The van der Waals surface area contributed by atoms with Gasteiger partial charge in [-0.3, -0.25) is 0 Å². The first-order valence-electron chi connectivity index (χ1n) is 7.23. The number of nitrogens with zero attached hydrogens (tertiary/aromatic N) is 1. The summed E-state index contributed by atoms with van der Waals surface area (Å²) in [4.78, 5) is 0. The molecule has 104 valence electrons. The van der Waals surface area contributed by atoms with Crippen molar-refractivity contribution in [2.24, 2.45) is 0 Å². The van der Waals surface area contributed by atoms with Gasteiger partial charge in [0.25, 0.3) is 0 Å². The zero-order chi connectivity index (χ0) is 14.4. The maximum Gasteiger partial charge on any atom is 0.170 e. The molecule has 0 atom stereocenters. The fourth-order valence-electron chi connectivity index (χ4n) is 2.81. The second kappa shape index (κ2) is 4.66. The average Bonchev–Trinajstić information content (AvgIpc) is 2.87. The van der Waals surface area contributed by atoms with Crippen molar-refractivity contribution in [2.75, 3.05) is 0 Å². The zero-order valence-electron chi connectivity index (χ0n) is 13.3. The lowest BCUT2D eigenvalue weighted by atomic mass is 9.78. The highest BCUT2D eigenvalue weighted by Crippen LogP contribution is 2.39. The van der Waals surface area contributed by atoms with Crippen LogP contribution in [0.3, 0.4) is 0 Å². The Morgan fingerprint density at radius 1 is 0.895 bits per heavy atom. The lowest BCUT2D eigenvalue weighted by Gasteiger charge is -2.24. The number of hydrogen-bond acceptors (Lipinski definition) is 2. The molecule has 2 aromatic rings. The third kappa shape index (κ3) is 1.89. The Morgan fingerprint density at radius 2 is 1.42 bits per heavy atom. The highest BCUT2D eigenvalue weighted by Gasteiger charge is 2.30. The highest BCUT2D eigenvalue weighted by atomic mass is 16.5. The van der Waals surface area contributed by atoms with Crippen LogP contribution in [0.4, 0.5) is 0 Å². The van der Waals surface area contributed by atoms with Gasteiger partial charge in [0.2, 0.25) is 0 Å². The molecule has 0 bridgehead atoms. The van der Waals surface area contributed by atoms with Gasteiger partial charge in [-0.2, -0.15) is 0 Å². The van der Waals surface area contributed by atoms with Crippen LogP contribution in [0.25, 0.3) is 11.0 Å². The third-order valence-corrected chi connectivity index (χ3v) is 5.23. The van der Waals surface area contributed by atoms with Crippen molar-refractivity contribution < 1.29 is 4.52 Å². The van der Waals surface area contributed by atoms with Gasteiger partial charge in [-0.1, -0.05) is 25.9 Å². The Kier molecular flexibility index (Phi) is 3.46. The summed E-state index contributed by atoms with van der Waals surface area (Å²) in [5, 5.41) is 5.68. The van der Waals surface area contributed by atoms with E-state index in [2.05, 4.69) is 53.6 Å². The summed E-state index contributed by atoms with van der Waals surface area (Å²) in [5.74, 6) is 0. The van der Waals surface area contributed by atoms with Crippen molar-refractivity contribution in [1.29, 1.82) is 0 Å². The van der Waals surface area contributed by atoms with Crippen molar-refractivity contribution in [3.63, 3.8) is 0 Å². The maximum atomic E-state index is 5.70. The van der Waals surface area contributed by atoms with Crippen LogP contribution in [0.2, 0.25) is 0 Å². The Bertz CT molecular complexity index is 618. The van der Waals surface area contributed by atoms with E-state index < -0.39 is 0 Å². The fraction of sp³-hybridized carbons (Fsp3) is 0.588. The molecule has 0 saturated heterocycles. The molecule has 1 heterocycles. The highest BCUT2D eigenvalue weighted by molar-refractivity contribution is 5.88. The SMILES string of the molecule is CCC(C)(CC)c1noc2c(C)c(C)c(C)c(C)c12. The van der Waals surface area contributed by atoms with Gasteiger partial charge in [0.05, 0.1) is 5.69 Å². The molecular formula is C17H25NO. The van der Waals surface area contributed by atoms with Crippen LogP contribution in [0, 0.1) is 27.7 Å². The lowest BCUT2D eigenvalue weighted by Crippen LogP contribution is -2.20. The zero-order valence-corrected chi connectivity index (χ0v) is 13.3. The quantitative estimate of drug-likeness (QED) is 0.762. The van der Waals surface area contributed by atoms with Gasteiger partial charge < -0.3 is 4.52 Å². The van der Waals surface area contributed by atoms with E-state index in [0.717, 1.165) is 24.1 Å². The number of aryl methyl sites for hydroxylation is 2. The largest absolute Gasteiger partial charge is 0.356 e. The van der Waals surface area contributed by atoms with Crippen LogP contribution >= 0.6 is 0 Å². The average molecular weight is 259 g/mol. The number of rotatable bonds is 3. The van der Waals surface area contributed by atoms with E-state index in [0.29, 0.717) is 0 Å². The van der Waals surface area contributed by atoms with Crippen LogP contribution in [0.15, 0.2) is 4.52 Å². The van der Waals surface area contributed by atoms with Crippen molar-refractivity contribution >= 4 is 11.0 Å². The van der Waals surface area contributed by atoms with E-state index in [9.17, 15) is 0 Å². The molecule has 0 amide bonds. The summed E-state index contributed by atoms with van der Waals surface area (Å²) in [5.41, 5.74) is 7.45.